The lowest BCUT2D eigenvalue weighted by molar-refractivity contribution is -0.384. The van der Waals surface area contributed by atoms with Crippen molar-refractivity contribution < 1.29 is 22.9 Å². The molecule has 3 rings (SSSR count). The van der Waals surface area contributed by atoms with Crippen LogP contribution in [0.2, 0.25) is 0 Å². The van der Waals surface area contributed by atoms with Crippen LogP contribution in [0.4, 0.5) is 17.1 Å². The molecule has 0 unspecified atom stereocenters. The molecule has 1 amide bonds. The summed E-state index contributed by atoms with van der Waals surface area (Å²) in [5, 5.41) is 13.6. The van der Waals surface area contributed by atoms with Crippen LogP contribution in [0.25, 0.3) is 0 Å². The first-order valence-corrected chi connectivity index (χ1v) is 10.9. The van der Waals surface area contributed by atoms with Crippen LogP contribution in [0.3, 0.4) is 0 Å². The standard InChI is InChI=1S/C22H21N3O6S/c1-24(2)18-8-6-10-20(32(29,30)16-13-11-15(12-14-16)25(27)28)21(18)22(26)23-17-7-4-5-9-19(17)31-3/h4-14H,1-3H3,(H,23,26). The summed E-state index contributed by atoms with van der Waals surface area (Å²) in [4.78, 5) is 24.8. The van der Waals surface area contributed by atoms with Crippen LogP contribution in [-0.2, 0) is 9.84 Å². The zero-order chi connectivity index (χ0) is 23.5. The fraction of sp³-hybridized carbons (Fsp3) is 0.136. The van der Waals surface area contributed by atoms with Gasteiger partial charge < -0.3 is 15.0 Å². The molecular weight excluding hydrogens is 434 g/mol. The molecule has 0 heterocycles. The number of amides is 1. The van der Waals surface area contributed by atoms with Crippen molar-refractivity contribution in [3.05, 3.63) is 82.4 Å². The van der Waals surface area contributed by atoms with E-state index in [0.717, 1.165) is 24.3 Å². The fourth-order valence-electron chi connectivity index (χ4n) is 3.15. The minimum Gasteiger partial charge on any atom is -0.495 e. The summed E-state index contributed by atoms with van der Waals surface area (Å²) in [5.74, 6) is -0.220. The molecular formula is C22H21N3O6S. The second-order valence-corrected chi connectivity index (χ2v) is 8.87. The number of non-ortho nitro benzene ring substituents is 1. The van der Waals surface area contributed by atoms with Gasteiger partial charge in [0.25, 0.3) is 11.6 Å². The van der Waals surface area contributed by atoms with Gasteiger partial charge in [-0.1, -0.05) is 18.2 Å². The highest BCUT2D eigenvalue weighted by Gasteiger charge is 2.28. The predicted molar refractivity (Wildman–Crippen MR) is 120 cm³/mol. The number of nitrogens with zero attached hydrogens (tertiary/aromatic N) is 2. The van der Waals surface area contributed by atoms with E-state index < -0.39 is 20.7 Å². The molecule has 10 heteroatoms. The lowest BCUT2D eigenvalue weighted by Gasteiger charge is -2.20. The third-order valence-corrected chi connectivity index (χ3v) is 6.53. The molecule has 3 aromatic rings. The third kappa shape index (κ3) is 4.40. The Labute approximate surface area is 185 Å². The Morgan fingerprint density at radius 3 is 2.25 bits per heavy atom. The average Bonchev–Trinajstić information content (AvgIpc) is 2.78. The summed E-state index contributed by atoms with van der Waals surface area (Å²) in [6.07, 6.45) is 0. The summed E-state index contributed by atoms with van der Waals surface area (Å²) in [7, 11) is 0.683. The Kier molecular flexibility index (Phi) is 6.45. The highest BCUT2D eigenvalue weighted by molar-refractivity contribution is 7.91. The lowest BCUT2D eigenvalue weighted by atomic mass is 10.1. The van der Waals surface area contributed by atoms with E-state index in [1.165, 1.54) is 19.2 Å². The molecule has 0 spiro atoms. The zero-order valence-corrected chi connectivity index (χ0v) is 18.4. The maximum Gasteiger partial charge on any atom is 0.269 e. The molecule has 0 saturated heterocycles. The second kappa shape index (κ2) is 9.06. The van der Waals surface area contributed by atoms with E-state index in [0.29, 0.717) is 17.1 Å². The number of rotatable bonds is 7. The molecule has 3 aromatic carbocycles. The van der Waals surface area contributed by atoms with E-state index in [4.69, 9.17) is 4.74 Å². The van der Waals surface area contributed by atoms with Crippen molar-refractivity contribution in [3.63, 3.8) is 0 Å². The molecule has 32 heavy (non-hydrogen) atoms. The summed E-state index contributed by atoms with van der Waals surface area (Å²) in [6, 6.07) is 15.8. The molecule has 0 aromatic heterocycles. The monoisotopic (exact) mass is 455 g/mol. The van der Waals surface area contributed by atoms with Gasteiger partial charge in [0.05, 0.1) is 38.8 Å². The summed E-state index contributed by atoms with van der Waals surface area (Å²) in [5.41, 5.74) is 0.481. The molecule has 0 bridgehead atoms. The van der Waals surface area contributed by atoms with Gasteiger partial charge in [0, 0.05) is 26.2 Å². The minimum atomic E-state index is -4.16. The van der Waals surface area contributed by atoms with Gasteiger partial charge in [-0.2, -0.15) is 0 Å². The third-order valence-electron chi connectivity index (χ3n) is 4.72. The highest BCUT2D eigenvalue weighted by atomic mass is 32.2. The smallest absolute Gasteiger partial charge is 0.269 e. The SMILES string of the molecule is COc1ccccc1NC(=O)c1c(N(C)C)cccc1S(=O)(=O)c1ccc([N+](=O)[O-])cc1. The number of anilines is 2. The van der Waals surface area contributed by atoms with Crippen molar-refractivity contribution in [2.45, 2.75) is 9.79 Å². The molecule has 0 radical (unpaired) electrons. The van der Waals surface area contributed by atoms with E-state index in [-0.39, 0.29) is 21.0 Å². The van der Waals surface area contributed by atoms with Gasteiger partial charge in [0.15, 0.2) is 0 Å². The first-order valence-electron chi connectivity index (χ1n) is 9.41. The molecule has 0 aliphatic rings. The number of para-hydroxylation sites is 2. The maximum absolute atomic E-state index is 13.4. The van der Waals surface area contributed by atoms with E-state index in [1.807, 2.05) is 0 Å². The Bertz CT molecular complexity index is 1270. The van der Waals surface area contributed by atoms with Gasteiger partial charge in [-0.25, -0.2) is 8.42 Å². The van der Waals surface area contributed by atoms with Crippen LogP contribution >= 0.6 is 0 Å². The Hall–Kier alpha value is -3.92. The van der Waals surface area contributed by atoms with Gasteiger partial charge in [0.2, 0.25) is 9.84 Å². The van der Waals surface area contributed by atoms with Crippen molar-refractivity contribution in [2.24, 2.45) is 0 Å². The van der Waals surface area contributed by atoms with Gasteiger partial charge in [-0.15, -0.1) is 0 Å². The first-order chi connectivity index (χ1) is 15.2. The van der Waals surface area contributed by atoms with Crippen LogP contribution in [-0.4, -0.2) is 40.5 Å². The Balaban J connectivity index is 2.14. The number of carbonyl (C=O) groups is 1. The maximum atomic E-state index is 13.4. The Morgan fingerprint density at radius 2 is 1.66 bits per heavy atom. The molecule has 166 valence electrons. The van der Waals surface area contributed by atoms with Crippen molar-refractivity contribution in [1.82, 2.24) is 0 Å². The first kappa shape index (κ1) is 22.8. The van der Waals surface area contributed by atoms with Gasteiger partial charge in [-0.05, 0) is 36.4 Å². The minimum absolute atomic E-state index is 0.0539. The molecule has 1 N–H and O–H groups in total. The predicted octanol–water partition coefficient (Wildman–Crippen LogP) is 3.75. The molecule has 9 nitrogen and oxygen atoms in total. The number of ether oxygens (including phenoxy) is 1. The summed E-state index contributed by atoms with van der Waals surface area (Å²) < 4.78 is 32.1. The number of methoxy groups -OCH3 is 1. The highest BCUT2D eigenvalue weighted by Crippen LogP contribution is 2.33. The molecule has 0 aliphatic carbocycles. The largest absolute Gasteiger partial charge is 0.495 e. The van der Waals surface area contributed by atoms with Crippen LogP contribution < -0.4 is 15.0 Å². The number of carbonyl (C=O) groups excluding carboxylic acids is 1. The number of nitrogens with one attached hydrogen (secondary N) is 1. The molecule has 0 fully saturated rings. The molecule has 0 atom stereocenters. The quantitative estimate of drug-likeness (QED) is 0.426. The Morgan fingerprint density at radius 1 is 1.00 bits per heavy atom. The van der Waals surface area contributed by atoms with Crippen molar-refractivity contribution in [2.75, 3.05) is 31.4 Å². The van der Waals surface area contributed by atoms with E-state index >= 15 is 0 Å². The van der Waals surface area contributed by atoms with Crippen LogP contribution in [0.1, 0.15) is 10.4 Å². The van der Waals surface area contributed by atoms with Crippen molar-refractivity contribution in [1.29, 1.82) is 0 Å². The number of nitro groups is 1. The summed E-state index contributed by atoms with van der Waals surface area (Å²) >= 11 is 0. The fourth-order valence-corrected chi connectivity index (χ4v) is 4.62. The topological polar surface area (TPSA) is 119 Å². The van der Waals surface area contributed by atoms with Crippen LogP contribution in [0.15, 0.2) is 76.5 Å². The van der Waals surface area contributed by atoms with Crippen LogP contribution in [0.5, 0.6) is 5.75 Å². The number of hydrogen-bond acceptors (Lipinski definition) is 7. The number of benzene rings is 3. The second-order valence-electron chi connectivity index (χ2n) is 6.95. The zero-order valence-electron chi connectivity index (χ0n) is 17.6. The molecule has 0 saturated carbocycles. The van der Waals surface area contributed by atoms with Gasteiger partial charge in [-0.3, -0.25) is 14.9 Å². The summed E-state index contributed by atoms with van der Waals surface area (Å²) in [6.45, 7) is 0. The van der Waals surface area contributed by atoms with E-state index in [1.54, 1.807) is 49.3 Å². The number of nitro benzene ring substituents is 1. The van der Waals surface area contributed by atoms with Crippen molar-refractivity contribution >= 4 is 32.8 Å². The lowest BCUT2D eigenvalue weighted by Crippen LogP contribution is -2.22. The number of hydrogen-bond donors (Lipinski definition) is 1. The van der Waals surface area contributed by atoms with Gasteiger partial charge in [0.1, 0.15) is 5.75 Å². The van der Waals surface area contributed by atoms with Crippen LogP contribution in [0, 0.1) is 10.1 Å². The van der Waals surface area contributed by atoms with Gasteiger partial charge >= 0.3 is 0 Å². The van der Waals surface area contributed by atoms with E-state index in [2.05, 4.69) is 5.32 Å². The molecule has 0 aliphatic heterocycles. The van der Waals surface area contributed by atoms with E-state index in [9.17, 15) is 23.3 Å². The average molecular weight is 455 g/mol. The van der Waals surface area contributed by atoms with Crippen molar-refractivity contribution in [3.8, 4) is 5.75 Å². The number of sulfone groups is 1. The normalized spacial score (nSPS) is 11.0.